The number of rotatable bonds is 4. The fraction of sp³-hybridized carbons (Fsp3) is 0.562. The summed E-state index contributed by atoms with van der Waals surface area (Å²) in [7, 11) is 0. The van der Waals surface area contributed by atoms with Crippen molar-refractivity contribution in [2.75, 3.05) is 32.7 Å². The molecule has 1 aromatic rings. The van der Waals surface area contributed by atoms with Crippen LogP contribution in [0.5, 0.6) is 0 Å². The zero-order chi connectivity index (χ0) is 13.1. The van der Waals surface area contributed by atoms with Crippen molar-refractivity contribution in [3.8, 4) is 0 Å². The van der Waals surface area contributed by atoms with E-state index in [0.29, 0.717) is 18.2 Å². The lowest BCUT2D eigenvalue weighted by atomic mass is 9.77. The second kappa shape index (κ2) is 5.85. The monoisotopic (exact) mass is 258 g/mol. The van der Waals surface area contributed by atoms with Gasteiger partial charge in [0.25, 0.3) is 0 Å². The van der Waals surface area contributed by atoms with E-state index in [4.69, 9.17) is 0 Å². The number of hydrogen-bond acceptors (Lipinski definition) is 3. The molecule has 3 heteroatoms. The smallest absolute Gasteiger partial charge is 0.177 e. The van der Waals surface area contributed by atoms with Crippen LogP contribution in [-0.4, -0.2) is 43.4 Å². The molecular formula is C16H22N2O. The van der Waals surface area contributed by atoms with Crippen LogP contribution in [0, 0.1) is 0 Å². The molecule has 0 atom stereocenters. The summed E-state index contributed by atoms with van der Waals surface area (Å²) in [5.41, 5.74) is 2.25. The Kier molecular flexibility index (Phi) is 3.95. The van der Waals surface area contributed by atoms with Gasteiger partial charge in [0.1, 0.15) is 0 Å². The number of ketones is 1. The second-order valence-corrected chi connectivity index (χ2v) is 5.66. The summed E-state index contributed by atoms with van der Waals surface area (Å²) < 4.78 is 0. The Balaban J connectivity index is 1.71. The first kappa shape index (κ1) is 12.8. The van der Waals surface area contributed by atoms with Gasteiger partial charge in [0, 0.05) is 31.7 Å². The number of piperazine rings is 1. The average molecular weight is 258 g/mol. The van der Waals surface area contributed by atoms with Gasteiger partial charge in [0.2, 0.25) is 0 Å². The maximum absolute atomic E-state index is 12.5. The predicted molar refractivity (Wildman–Crippen MR) is 76.7 cm³/mol. The number of nitrogens with zero attached hydrogens (tertiary/aromatic N) is 1. The fourth-order valence-electron chi connectivity index (χ4n) is 2.98. The third-order valence-electron chi connectivity index (χ3n) is 4.38. The Morgan fingerprint density at radius 1 is 1.21 bits per heavy atom. The zero-order valence-corrected chi connectivity index (χ0v) is 11.4. The minimum Gasteiger partial charge on any atom is -0.314 e. The largest absolute Gasteiger partial charge is 0.314 e. The Labute approximate surface area is 115 Å². The van der Waals surface area contributed by atoms with E-state index in [1.54, 1.807) is 0 Å². The minimum atomic E-state index is 0.296. The highest BCUT2D eigenvalue weighted by Crippen LogP contribution is 2.38. The maximum atomic E-state index is 12.5. The highest BCUT2D eigenvalue weighted by Gasteiger charge is 2.25. The van der Waals surface area contributed by atoms with Crippen LogP contribution in [-0.2, 0) is 0 Å². The molecule has 0 bridgehead atoms. The zero-order valence-electron chi connectivity index (χ0n) is 11.4. The molecular weight excluding hydrogens is 236 g/mol. The van der Waals surface area contributed by atoms with Gasteiger partial charge in [-0.3, -0.25) is 9.69 Å². The van der Waals surface area contributed by atoms with Gasteiger partial charge >= 0.3 is 0 Å². The number of nitrogens with one attached hydrogen (secondary N) is 1. The van der Waals surface area contributed by atoms with Gasteiger partial charge in [-0.25, -0.2) is 0 Å². The van der Waals surface area contributed by atoms with Crippen molar-refractivity contribution in [1.29, 1.82) is 0 Å². The Bertz CT molecular complexity index is 448. The lowest BCUT2D eigenvalue weighted by Crippen LogP contribution is -2.45. The third kappa shape index (κ3) is 2.88. The first-order valence-electron chi connectivity index (χ1n) is 7.40. The first-order chi connectivity index (χ1) is 9.34. The van der Waals surface area contributed by atoms with Crippen LogP contribution in [0.1, 0.15) is 41.1 Å². The lowest BCUT2D eigenvalue weighted by Gasteiger charge is -2.29. The van der Waals surface area contributed by atoms with Crippen molar-refractivity contribution in [2.45, 2.75) is 25.2 Å². The topological polar surface area (TPSA) is 32.3 Å². The molecule has 2 fully saturated rings. The van der Waals surface area contributed by atoms with Gasteiger partial charge in [-0.1, -0.05) is 30.7 Å². The Morgan fingerprint density at radius 3 is 2.63 bits per heavy atom. The summed E-state index contributed by atoms with van der Waals surface area (Å²) in [5, 5.41) is 3.32. The molecule has 19 heavy (non-hydrogen) atoms. The number of hydrogen-bond donors (Lipinski definition) is 1. The molecule has 2 aliphatic rings. The van der Waals surface area contributed by atoms with Crippen molar-refractivity contribution in [2.24, 2.45) is 0 Å². The van der Waals surface area contributed by atoms with Gasteiger partial charge in [-0.05, 0) is 24.3 Å². The van der Waals surface area contributed by atoms with Gasteiger partial charge in [-0.2, -0.15) is 0 Å². The summed E-state index contributed by atoms with van der Waals surface area (Å²) in [4.78, 5) is 14.8. The summed E-state index contributed by atoms with van der Waals surface area (Å²) in [6.45, 7) is 4.54. The Hall–Kier alpha value is -1.19. The molecule has 1 heterocycles. The quantitative estimate of drug-likeness (QED) is 0.839. The molecule has 0 radical (unpaired) electrons. The fourth-order valence-corrected chi connectivity index (χ4v) is 2.98. The standard InChI is InChI=1S/C16H22N2O/c19-16(12-18-10-8-17-9-11-18)15-7-2-1-6-14(15)13-4-3-5-13/h1-2,6-7,13,17H,3-5,8-12H2. The van der Waals surface area contributed by atoms with Gasteiger partial charge in [0.15, 0.2) is 5.78 Å². The van der Waals surface area contributed by atoms with Crippen LogP contribution in [0.3, 0.4) is 0 Å². The van der Waals surface area contributed by atoms with E-state index in [0.717, 1.165) is 31.7 Å². The second-order valence-electron chi connectivity index (χ2n) is 5.66. The molecule has 0 amide bonds. The molecule has 3 rings (SSSR count). The predicted octanol–water partition coefficient (Wildman–Crippen LogP) is 2.04. The van der Waals surface area contributed by atoms with Gasteiger partial charge in [0.05, 0.1) is 6.54 Å². The molecule has 3 nitrogen and oxygen atoms in total. The lowest BCUT2D eigenvalue weighted by molar-refractivity contribution is 0.0919. The summed E-state index contributed by atoms with van der Waals surface area (Å²) in [6.07, 6.45) is 3.81. The van der Waals surface area contributed by atoms with Gasteiger partial charge in [-0.15, -0.1) is 0 Å². The van der Waals surface area contributed by atoms with Crippen molar-refractivity contribution >= 4 is 5.78 Å². The molecule has 1 aliphatic heterocycles. The van der Waals surface area contributed by atoms with Crippen molar-refractivity contribution in [1.82, 2.24) is 10.2 Å². The first-order valence-corrected chi connectivity index (χ1v) is 7.40. The number of benzene rings is 1. The highest BCUT2D eigenvalue weighted by molar-refractivity contribution is 5.99. The molecule has 1 saturated carbocycles. The third-order valence-corrected chi connectivity index (χ3v) is 4.38. The molecule has 1 N–H and O–H groups in total. The summed E-state index contributed by atoms with van der Waals surface area (Å²) in [6, 6.07) is 8.22. The Morgan fingerprint density at radius 2 is 1.95 bits per heavy atom. The highest BCUT2D eigenvalue weighted by atomic mass is 16.1. The number of carbonyl (C=O) groups is 1. The average Bonchev–Trinajstić information content (AvgIpc) is 2.38. The van der Waals surface area contributed by atoms with Crippen LogP contribution in [0.15, 0.2) is 24.3 Å². The van der Waals surface area contributed by atoms with E-state index >= 15 is 0 Å². The van der Waals surface area contributed by atoms with Crippen LogP contribution in [0.4, 0.5) is 0 Å². The van der Waals surface area contributed by atoms with Crippen molar-refractivity contribution in [3.63, 3.8) is 0 Å². The molecule has 102 valence electrons. The van der Waals surface area contributed by atoms with Crippen molar-refractivity contribution in [3.05, 3.63) is 35.4 Å². The summed E-state index contributed by atoms with van der Waals surface area (Å²) in [5.74, 6) is 0.924. The molecule has 1 aromatic carbocycles. The van der Waals surface area contributed by atoms with Crippen molar-refractivity contribution < 1.29 is 4.79 Å². The van der Waals surface area contributed by atoms with Crippen LogP contribution in [0.25, 0.3) is 0 Å². The molecule has 1 saturated heterocycles. The van der Waals surface area contributed by atoms with E-state index in [1.165, 1.54) is 24.8 Å². The molecule has 0 unspecified atom stereocenters. The van der Waals surface area contributed by atoms with Gasteiger partial charge < -0.3 is 5.32 Å². The van der Waals surface area contributed by atoms with E-state index in [9.17, 15) is 4.79 Å². The van der Waals surface area contributed by atoms with E-state index in [-0.39, 0.29) is 0 Å². The molecule has 0 aromatic heterocycles. The number of carbonyl (C=O) groups excluding carboxylic acids is 1. The van der Waals surface area contributed by atoms with Crippen LogP contribution < -0.4 is 5.32 Å². The van der Waals surface area contributed by atoms with E-state index < -0.39 is 0 Å². The van der Waals surface area contributed by atoms with Crippen LogP contribution >= 0.6 is 0 Å². The van der Waals surface area contributed by atoms with E-state index in [1.807, 2.05) is 12.1 Å². The summed E-state index contributed by atoms with van der Waals surface area (Å²) >= 11 is 0. The molecule has 1 aliphatic carbocycles. The normalized spacial score (nSPS) is 21.1. The number of Topliss-reactive ketones (excluding diaryl/α,β-unsaturated/α-hetero) is 1. The molecule has 0 spiro atoms. The van der Waals surface area contributed by atoms with E-state index in [2.05, 4.69) is 22.3 Å². The van der Waals surface area contributed by atoms with Crippen LogP contribution in [0.2, 0.25) is 0 Å². The maximum Gasteiger partial charge on any atom is 0.177 e. The minimum absolute atomic E-state index is 0.296. The SMILES string of the molecule is O=C(CN1CCNCC1)c1ccccc1C1CCC1.